The molecule has 162 valence electrons. The first-order chi connectivity index (χ1) is 16.0. The average molecular weight is 518 g/mol. The lowest BCUT2D eigenvalue weighted by Gasteiger charge is -2.13. The van der Waals surface area contributed by atoms with Crippen LogP contribution in [-0.4, -0.2) is 5.91 Å². The first kappa shape index (κ1) is 22.6. The van der Waals surface area contributed by atoms with Gasteiger partial charge in [-0.2, -0.15) is 5.26 Å². The van der Waals surface area contributed by atoms with E-state index in [-0.39, 0.29) is 5.57 Å². The van der Waals surface area contributed by atoms with Crippen molar-refractivity contribution in [2.75, 3.05) is 5.32 Å². The molecule has 1 N–H and O–H groups in total. The third-order valence-corrected chi connectivity index (χ3v) is 6.05. The van der Waals surface area contributed by atoms with Crippen molar-refractivity contribution >= 4 is 56.0 Å². The van der Waals surface area contributed by atoms with Crippen LogP contribution >= 0.6 is 27.5 Å². The number of nitriles is 1. The number of anilines is 1. The van der Waals surface area contributed by atoms with E-state index in [9.17, 15) is 10.1 Å². The lowest BCUT2D eigenvalue weighted by molar-refractivity contribution is -0.112. The van der Waals surface area contributed by atoms with Gasteiger partial charge < -0.3 is 10.1 Å². The van der Waals surface area contributed by atoms with E-state index in [0.29, 0.717) is 28.6 Å². The van der Waals surface area contributed by atoms with Crippen molar-refractivity contribution in [3.63, 3.8) is 0 Å². The van der Waals surface area contributed by atoms with Gasteiger partial charge in [0.15, 0.2) is 0 Å². The summed E-state index contributed by atoms with van der Waals surface area (Å²) in [5, 5.41) is 14.9. The van der Waals surface area contributed by atoms with E-state index in [4.69, 9.17) is 16.3 Å². The van der Waals surface area contributed by atoms with Crippen LogP contribution in [0.5, 0.6) is 5.75 Å². The van der Waals surface area contributed by atoms with E-state index in [0.717, 1.165) is 20.8 Å². The highest BCUT2D eigenvalue weighted by Crippen LogP contribution is 2.31. The Kier molecular flexibility index (Phi) is 7.09. The van der Waals surface area contributed by atoms with Crippen LogP contribution in [0, 0.1) is 11.3 Å². The molecule has 0 aromatic heterocycles. The Hall–Kier alpha value is -3.59. The second-order valence-electron chi connectivity index (χ2n) is 7.21. The van der Waals surface area contributed by atoms with Crippen LogP contribution in [0.2, 0.25) is 5.02 Å². The minimum atomic E-state index is -0.510. The van der Waals surface area contributed by atoms with E-state index in [1.165, 1.54) is 0 Å². The normalized spacial score (nSPS) is 11.1. The van der Waals surface area contributed by atoms with E-state index in [2.05, 4.69) is 21.2 Å². The zero-order valence-corrected chi connectivity index (χ0v) is 19.7. The van der Waals surface area contributed by atoms with Gasteiger partial charge >= 0.3 is 0 Å². The van der Waals surface area contributed by atoms with Crippen molar-refractivity contribution < 1.29 is 9.53 Å². The number of carbonyl (C=O) groups is 1. The molecule has 0 aliphatic heterocycles. The molecule has 0 aliphatic carbocycles. The van der Waals surface area contributed by atoms with E-state index in [1.807, 2.05) is 66.7 Å². The largest absolute Gasteiger partial charge is 0.488 e. The first-order valence-electron chi connectivity index (χ1n) is 10.1. The molecule has 0 fully saturated rings. The summed E-state index contributed by atoms with van der Waals surface area (Å²) in [4.78, 5) is 12.8. The van der Waals surface area contributed by atoms with Crippen LogP contribution in [-0.2, 0) is 11.4 Å². The lowest BCUT2D eigenvalue weighted by Crippen LogP contribution is -2.13. The number of nitrogens with one attached hydrogen (secondary N) is 1. The van der Waals surface area contributed by atoms with Gasteiger partial charge in [-0.25, -0.2) is 0 Å². The molecule has 4 nitrogen and oxygen atoms in total. The molecule has 6 heteroatoms. The highest BCUT2D eigenvalue weighted by atomic mass is 79.9. The van der Waals surface area contributed by atoms with E-state index in [1.54, 1.807) is 30.3 Å². The molecule has 0 radical (unpaired) electrons. The molecule has 33 heavy (non-hydrogen) atoms. The third kappa shape index (κ3) is 5.43. The van der Waals surface area contributed by atoms with Crippen LogP contribution in [0.4, 0.5) is 5.69 Å². The molecule has 0 bridgehead atoms. The summed E-state index contributed by atoms with van der Waals surface area (Å²) < 4.78 is 7.09. The predicted octanol–water partition coefficient (Wildman–Crippen LogP) is 7.38. The van der Waals surface area contributed by atoms with Gasteiger partial charge in [0.25, 0.3) is 5.91 Å². The van der Waals surface area contributed by atoms with Crippen LogP contribution in [0.3, 0.4) is 0 Å². The first-order valence-corrected chi connectivity index (χ1v) is 11.3. The molecule has 1 amide bonds. The second kappa shape index (κ2) is 10.4. The molecule has 4 aromatic carbocycles. The number of amides is 1. The Bertz CT molecular complexity index is 1390. The third-order valence-electron chi connectivity index (χ3n) is 5.03. The molecule has 0 spiro atoms. The van der Waals surface area contributed by atoms with Gasteiger partial charge in [-0.3, -0.25) is 4.79 Å². The molecular weight excluding hydrogens is 500 g/mol. The second-order valence-corrected chi connectivity index (χ2v) is 8.50. The fourth-order valence-corrected chi connectivity index (χ4v) is 3.87. The number of nitrogens with zero attached hydrogens (tertiary/aromatic N) is 1. The molecule has 4 aromatic rings. The smallest absolute Gasteiger partial charge is 0.266 e. The zero-order valence-electron chi connectivity index (χ0n) is 17.4. The van der Waals surface area contributed by atoms with Gasteiger partial charge in [0.1, 0.15) is 24.0 Å². The van der Waals surface area contributed by atoms with Crippen molar-refractivity contribution in [3.05, 3.63) is 111 Å². The van der Waals surface area contributed by atoms with Crippen LogP contribution in [0.15, 0.2) is 95.0 Å². The van der Waals surface area contributed by atoms with Crippen molar-refractivity contribution in [1.82, 2.24) is 0 Å². The minimum absolute atomic E-state index is 0.0351. The number of benzene rings is 4. The average Bonchev–Trinajstić information content (AvgIpc) is 2.83. The molecule has 0 heterocycles. The van der Waals surface area contributed by atoms with Gasteiger partial charge in [0.2, 0.25) is 0 Å². The van der Waals surface area contributed by atoms with Crippen molar-refractivity contribution in [2.45, 2.75) is 6.61 Å². The highest BCUT2D eigenvalue weighted by Gasteiger charge is 2.14. The predicted molar refractivity (Wildman–Crippen MR) is 136 cm³/mol. The fourth-order valence-electron chi connectivity index (χ4n) is 3.35. The summed E-state index contributed by atoms with van der Waals surface area (Å²) in [7, 11) is 0. The number of hydrogen-bond acceptors (Lipinski definition) is 3. The standard InChI is InChI=1S/C27H18BrClN2O2/c28-25-8-4-2-6-19(25)17-33-26-14-9-18-5-1-3-7-23(18)24(26)15-20(16-30)27(32)31-22-12-10-21(29)11-13-22/h1-15H,17H2,(H,31,32)/b20-15+. The Morgan fingerprint density at radius 2 is 1.73 bits per heavy atom. The summed E-state index contributed by atoms with van der Waals surface area (Å²) in [6.07, 6.45) is 1.57. The van der Waals surface area contributed by atoms with Crippen LogP contribution in [0.1, 0.15) is 11.1 Å². The molecule has 0 aliphatic rings. The maximum absolute atomic E-state index is 12.8. The number of hydrogen-bond donors (Lipinski definition) is 1. The Morgan fingerprint density at radius 3 is 2.48 bits per heavy atom. The molecular formula is C27H18BrClN2O2. The summed E-state index contributed by atoms with van der Waals surface area (Å²) in [6, 6.07) is 28.1. The summed E-state index contributed by atoms with van der Waals surface area (Å²) in [5.74, 6) is 0.0704. The summed E-state index contributed by atoms with van der Waals surface area (Å²) >= 11 is 9.45. The van der Waals surface area contributed by atoms with E-state index < -0.39 is 5.91 Å². The van der Waals surface area contributed by atoms with Crippen molar-refractivity contribution in [3.8, 4) is 11.8 Å². The topological polar surface area (TPSA) is 62.1 Å². The Labute approximate surface area is 205 Å². The van der Waals surface area contributed by atoms with Crippen LogP contribution < -0.4 is 10.1 Å². The Balaban J connectivity index is 1.70. The highest BCUT2D eigenvalue weighted by molar-refractivity contribution is 9.10. The Morgan fingerprint density at radius 1 is 1.00 bits per heavy atom. The molecule has 0 atom stereocenters. The zero-order chi connectivity index (χ0) is 23.2. The number of rotatable bonds is 6. The summed E-state index contributed by atoms with van der Waals surface area (Å²) in [5.41, 5.74) is 2.17. The number of fused-ring (bicyclic) bond motifs is 1. The quantitative estimate of drug-likeness (QED) is 0.214. The van der Waals surface area contributed by atoms with Crippen molar-refractivity contribution in [2.24, 2.45) is 0 Å². The van der Waals surface area contributed by atoms with Crippen LogP contribution in [0.25, 0.3) is 16.8 Å². The summed E-state index contributed by atoms with van der Waals surface area (Å²) in [6.45, 7) is 0.333. The SMILES string of the molecule is N#C/C(=C\c1c(OCc2ccccc2Br)ccc2ccccc12)C(=O)Nc1ccc(Cl)cc1. The van der Waals surface area contributed by atoms with Crippen molar-refractivity contribution in [1.29, 1.82) is 5.26 Å². The van der Waals surface area contributed by atoms with Gasteiger partial charge in [-0.1, -0.05) is 76.1 Å². The number of carbonyl (C=O) groups excluding carboxylic acids is 1. The maximum atomic E-state index is 12.8. The lowest BCUT2D eigenvalue weighted by atomic mass is 10.0. The maximum Gasteiger partial charge on any atom is 0.266 e. The van der Waals surface area contributed by atoms with Gasteiger partial charge in [-0.05, 0) is 53.2 Å². The molecule has 4 rings (SSSR count). The fraction of sp³-hybridized carbons (Fsp3) is 0.0370. The minimum Gasteiger partial charge on any atom is -0.488 e. The number of halogens is 2. The van der Waals surface area contributed by atoms with E-state index >= 15 is 0 Å². The molecule has 0 saturated heterocycles. The van der Waals surface area contributed by atoms with Gasteiger partial charge in [0.05, 0.1) is 0 Å². The van der Waals surface area contributed by atoms with Gasteiger partial charge in [-0.15, -0.1) is 0 Å². The monoisotopic (exact) mass is 516 g/mol. The van der Waals surface area contributed by atoms with Gasteiger partial charge in [0, 0.05) is 26.3 Å². The molecule has 0 saturated carbocycles. The number of ether oxygens (including phenoxy) is 1. The molecule has 0 unspecified atom stereocenters.